The molecule has 7 nitrogen and oxygen atoms in total. The number of carbonyl (C=O) groups is 1. The van der Waals surface area contributed by atoms with Crippen molar-refractivity contribution in [2.75, 3.05) is 12.5 Å². The molecule has 0 bridgehead atoms. The molecule has 0 saturated carbocycles. The lowest BCUT2D eigenvalue weighted by molar-refractivity contribution is -0.133. The Labute approximate surface area is 167 Å². The Kier molecular flexibility index (Phi) is 5.07. The number of aromatic nitrogens is 2. The van der Waals surface area contributed by atoms with E-state index in [0.29, 0.717) is 30.4 Å². The van der Waals surface area contributed by atoms with Crippen LogP contribution in [-0.2, 0) is 24.4 Å². The van der Waals surface area contributed by atoms with E-state index in [1.165, 1.54) is 16.8 Å². The first-order valence-electron chi connectivity index (χ1n) is 9.18. The van der Waals surface area contributed by atoms with Gasteiger partial charge in [0.25, 0.3) is 0 Å². The predicted octanol–water partition coefficient (Wildman–Crippen LogP) is 2.87. The van der Waals surface area contributed by atoms with Gasteiger partial charge in [0.1, 0.15) is 18.2 Å². The van der Waals surface area contributed by atoms with E-state index in [-0.39, 0.29) is 25.1 Å². The minimum Gasteiger partial charge on any atom is -0.454 e. The van der Waals surface area contributed by atoms with Crippen molar-refractivity contribution < 1.29 is 18.7 Å². The SMILES string of the molecule is Cc1cc(N)n(CC(=O)N(Cc2ccc(F)cc2)Cc2ccc3c(c2)OCO3)n1. The van der Waals surface area contributed by atoms with Gasteiger partial charge in [0.05, 0.1) is 5.69 Å². The van der Waals surface area contributed by atoms with Gasteiger partial charge in [0, 0.05) is 19.2 Å². The molecule has 2 N–H and O–H groups in total. The molecule has 0 atom stereocenters. The number of rotatable bonds is 6. The fourth-order valence-electron chi connectivity index (χ4n) is 3.22. The van der Waals surface area contributed by atoms with Crippen LogP contribution in [0.5, 0.6) is 11.5 Å². The van der Waals surface area contributed by atoms with Crippen molar-refractivity contribution >= 4 is 11.7 Å². The molecular weight excluding hydrogens is 375 g/mol. The molecule has 0 radical (unpaired) electrons. The smallest absolute Gasteiger partial charge is 0.244 e. The molecule has 1 aliphatic rings. The highest BCUT2D eigenvalue weighted by atomic mass is 19.1. The number of anilines is 1. The maximum Gasteiger partial charge on any atom is 0.244 e. The number of ether oxygens (including phenoxy) is 2. The average molecular weight is 396 g/mol. The summed E-state index contributed by atoms with van der Waals surface area (Å²) in [4.78, 5) is 14.7. The van der Waals surface area contributed by atoms with Crippen LogP contribution in [-0.4, -0.2) is 27.4 Å². The maximum absolute atomic E-state index is 13.3. The van der Waals surface area contributed by atoms with E-state index >= 15 is 0 Å². The van der Waals surface area contributed by atoms with Crippen molar-refractivity contribution in [3.8, 4) is 11.5 Å². The molecule has 3 aromatic rings. The predicted molar refractivity (Wildman–Crippen MR) is 105 cm³/mol. The quantitative estimate of drug-likeness (QED) is 0.693. The van der Waals surface area contributed by atoms with Crippen molar-refractivity contribution in [2.45, 2.75) is 26.6 Å². The average Bonchev–Trinajstić information content (AvgIpc) is 3.28. The van der Waals surface area contributed by atoms with E-state index < -0.39 is 0 Å². The normalized spacial score (nSPS) is 12.2. The molecule has 0 fully saturated rings. The van der Waals surface area contributed by atoms with Gasteiger partial charge in [0.2, 0.25) is 12.7 Å². The van der Waals surface area contributed by atoms with Crippen molar-refractivity contribution in [3.63, 3.8) is 0 Å². The van der Waals surface area contributed by atoms with Crippen LogP contribution in [0.4, 0.5) is 10.2 Å². The molecule has 1 amide bonds. The Balaban J connectivity index is 1.56. The molecule has 0 spiro atoms. The summed E-state index contributed by atoms with van der Waals surface area (Å²) >= 11 is 0. The second-order valence-electron chi connectivity index (χ2n) is 6.93. The summed E-state index contributed by atoms with van der Waals surface area (Å²) in [6, 6.07) is 13.4. The van der Waals surface area contributed by atoms with Crippen LogP contribution in [0.25, 0.3) is 0 Å². The lowest BCUT2D eigenvalue weighted by atomic mass is 10.1. The summed E-state index contributed by atoms with van der Waals surface area (Å²) in [5.41, 5.74) is 8.40. The van der Waals surface area contributed by atoms with Gasteiger partial charge in [-0.2, -0.15) is 5.10 Å². The fraction of sp³-hybridized carbons (Fsp3) is 0.238. The second-order valence-corrected chi connectivity index (χ2v) is 6.93. The van der Waals surface area contributed by atoms with Gasteiger partial charge >= 0.3 is 0 Å². The Bertz CT molecular complexity index is 1030. The van der Waals surface area contributed by atoms with E-state index in [0.717, 1.165) is 16.8 Å². The van der Waals surface area contributed by atoms with Gasteiger partial charge in [0.15, 0.2) is 11.5 Å². The summed E-state index contributed by atoms with van der Waals surface area (Å²) in [5.74, 6) is 1.30. The number of carbonyl (C=O) groups excluding carboxylic acids is 1. The summed E-state index contributed by atoms with van der Waals surface area (Å²) in [5, 5.41) is 4.26. The van der Waals surface area contributed by atoms with E-state index in [1.54, 1.807) is 23.1 Å². The molecule has 2 heterocycles. The van der Waals surface area contributed by atoms with Crippen LogP contribution < -0.4 is 15.2 Å². The summed E-state index contributed by atoms with van der Waals surface area (Å²) in [6.07, 6.45) is 0. The first-order valence-corrected chi connectivity index (χ1v) is 9.18. The number of benzene rings is 2. The van der Waals surface area contributed by atoms with Crippen molar-refractivity contribution in [3.05, 3.63) is 71.2 Å². The maximum atomic E-state index is 13.3. The summed E-state index contributed by atoms with van der Waals surface area (Å²) in [7, 11) is 0. The number of nitrogens with two attached hydrogens (primary N) is 1. The molecule has 0 saturated heterocycles. The number of halogens is 1. The second kappa shape index (κ2) is 7.83. The molecule has 8 heteroatoms. The van der Waals surface area contributed by atoms with Gasteiger partial charge in [-0.3, -0.25) is 4.79 Å². The molecule has 1 aliphatic heterocycles. The van der Waals surface area contributed by atoms with Gasteiger partial charge in [-0.1, -0.05) is 18.2 Å². The Morgan fingerprint density at radius 2 is 1.79 bits per heavy atom. The van der Waals surface area contributed by atoms with E-state index in [9.17, 15) is 9.18 Å². The zero-order chi connectivity index (χ0) is 20.4. The van der Waals surface area contributed by atoms with Crippen LogP contribution in [0.2, 0.25) is 0 Å². The highest BCUT2D eigenvalue weighted by Crippen LogP contribution is 2.33. The molecule has 1 aromatic heterocycles. The minimum atomic E-state index is -0.317. The van der Waals surface area contributed by atoms with Crippen molar-refractivity contribution in [1.82, 2.24) is 14.7 Å². The topological polar surface area (TPSA) is 82.6 Å². The van der Waals surface area contributed by atoms with Crippen LogP contribution in [0.1, 0.15) is 16.8 Å². The van der Waals surface area contributed by atoms with Crippen LogP contribution >= 0.6 is 0 Å². The van der Waals surface area contributed by atoms with Gasteiger partial charge < -0.3 is 20.1 Å². The summed E-state index contributed by atoms with van der Waals surface area (Å²) < 4.78 is 25.5. The first-order chi connectivity index (χ1) is 14.0. The molecule has 2 aromatic carbocycles. The van der Waals surface area contributed by atoms with Gasteiger partial charge in [-0.25, -0.2) is 9.07 Å². The number of hydrogen-bond acceptors (Lipinski definition) is 5. The van der Waals surface area contributed by atoms with Gasteiger partial charge in [-0.15, -0.1) is 0 Å². The first kappa shape index (κ1) is 18.8. The third-order valence-corrected chi connectivity index (χ3v) is 4.67. The number of nitrogen functional groups attached to an aromatic ring is 1. The van der Waals surface area contributed by atoms with Crippen LogP contribution in [0.15, 0.2) is 48.5 Å². The standard InChI is InChI=1S/C21H21FN4O3/c1-14-8-20(23)26(24-14)12-21(27)25(10-15-2-5-17(22)6-3-15)11-16-4-7-18-19(9-16)29-13-28-18/h2-9H,10-13,23H2,1H3. The lowest BCUT2D eigenvalue weighted by Gasteiger charge is -2.23. The third kappa shape index (κ3) is 4.31. The summed E-state index contributed by atoms with van der Waals surface area (Å²) in [6.45, 7) is 2.71. The van der Waals surface area contributed by atoms with E-state index in [2.05, 4.69) is 5.10 Å². The van der Waals surface area contributed by atoms with E-state index in [1.807, 2.05) is 25.1 Å². The van der Waals surface area contributed by atoms with E-state index in [4.69, 9.17) is 15.2 Å². The molecular formula is C21H21FN4O3. The number of nitrogens with zero attached hydrogens (tertiary/aromatic N) is 3. The largest absolute Gasteiger partial charge is 0.454 e. The highest BCUT2D eigenvalue weighted by molar-refractivity contribution is 5.76. The number of hydrogen-bond donors (Lipinski definition) is 1. The number of amides is 1. The van der Waals surface area contributed by atoms with Gasteiger partial charge in [-0.05, 0) is 42.3 Å². The Hall–Kier alpha value is -3.55. The van der Waals surface area contributed by atoms with Crippen LogP contribution in [0.3, 0.4) is 0 Å². The molecule has 0 aliphatic carbocycles. The molecule has 150 valence electrons. The zero-order valence-electron chi connectivity index (χ0n) is 16.0. The minimum absolute atomic E-state index is 0.0193. The highest BCUT2D eigenvalue weighted by Gasteiger charge is 2.19. The lowest BCUT2D eigenvalue weighted by Crippen LogP contribution is -2.33. The molecule has 0 unspecified atom stereocenters. The fourth-order valence-corrected chi connectivity index (χ4v) is 3.22. The Morgan fingerprint density at radius 3 is 2.52 bits per heavy atom. The number of fused-ring (bicyclic) bond motifs is 1. The van der Waals surface area contributed by atoms with Crippen molar-refractivity contribution in [2.24, 2.45) is 0 Å². The monoisotopic (exact) mass is 396 g/mol. The number of aryl methyl sites for hydroxylation is 1. The zero-order valence-corrected chi connectivity index (χ0v) is 16.0. The van der Waals surface area contributed by atoms with Crippen molar-refractivity contribution in [1.29, 1.82) is 0 Å². The molecule has 29 heavy (non-hydrogen) atoms. The van der Waals surface area contributed by atoms with Crippen LogP contribution in [0, 0.1) is 12.7 Å². The Morgan fingerprint density at radius 1 is 1.10 bits per heavy atom. The third-order valence-electron chi connectivity index (χ3n) is 4.67. The molecule has 4 rings (SSSR count).